The first-order valence-corrected chi connectivity index (χ1v) is 12.9. The molecule has 0 aliphatic carbocycles. The van der Waals surface area contributed by atoms with Gasteiger partial charge in [0, 0.05) is 43.4 Å². The van der Waals surface area contributed by atoms with E-state index in [-0.39, 0.29) is 12.1 Å². The molecule has 2 saturated heterocycles. The predicted molar refractivity (Wildman–Crippen MR) is 145 cm³/mol. The Balaban J connectivity index is 1.52. The van der Waals surface area contributed by atoms with Crippen molar-refractivity contribution in [2.45, 2.75) is 51.7 Å². The van der Waals surface area contributed by atoms with Crippen molar-refractivity contribution in [1.82, 2.24) is 14.9 Å². The molecule has 0 radical (unpaired) electrons. The third-order valence-electron chi connectivity index (χ3n) is 7.11. The molecule has 0 bridgehead atoms. The van der Waals surface area contributed by atoms with Crippen LogP contribution in [0.2, 0.25) is 5.02 Å². The van der Waals surface area contributed by atoms with Gasteiger partial charge in [0.05, 0.1) is 28.5 Å². The minimum Gasteiger partial charge on any atom is -0.370 e. The molecule has 2 atom stereocenters. The van der Waals surface area contributed by atoms with Crippen molar-refractivity contribution in [2.24, 2.45) is 5.92 Å². The Morgan fingerprint density at radius 3 is 2.56 bits per heavy atom. The van der Waals surface area contributed by atoms with Gasteiger partial charge in [-0.25, -0.2) is 0 Å². The average molecular weight is 494 g/mol. The number of benzene rings is 1. The lowest BCUT2D eigenvalue weighted by Crippen LogP contribution is -2.33. The largest absolute Gasteiger partial charge is 0.370 e. The Hall–Kier alpha value is -2.57. The number of nitrogens with one attached hydrogen (secondary N) is 1. The van der Waals surface area contributed by atoms with E-state index in [4.69, 9.17) is 23.8 Å². The van der Waals surface area contributed by atoms with Crippen LogP contribution in [0.15, 0.2) is 61.1 Å². The van der Waals surface area contributed by atoms with Gasteiger partial charge in [-0.1, -0.05) is 24.6 Å². The Bertz CT molecular complexity index is 1150. The number of rotatable bonds is 5. The van der Waals surface area contributed by atoms with Gasteiger partial charge >= 0.3 is 0 Å². The molecule has 0 unspecified atom stereocenters. The summed E-state index contributed by atoms with van der Waals surface area (Å²) in [5, 5.41) is 5.00. The highest BCUT2D eigenvalue weighted by atomic mass is 35.5. The van der Waals surface area contributed by atoms with E-state index >= 15 is 0 Å². The fourth-order valence-corrected chi connectivity index (χ4v) is 5.69. The number of piperidine rings is 1. The van der Waals surface area contributed by atoms with Crippen molar-refractivity contribution >= 4 is 40.3 Å². The second-order valence-corrected chi connectivity index (χ2v) is 10.6. The normalized spacial score (nSPS) is 21.4. The van der Waals surface area contributed by atoms with Crippen LogP contribution in [0.1, 0.15) is 63.0 Å². The molecule has 0 amide bonds. The molecule has 2 fully saturated rings. The lowest BCUT2D eigenvalue weighted by molar-refractivity contribution is 0.438. The molecule has 2 aliphatic heterocycles. The zero-order chi connectivity index (χ0) is 23.8. The van der Waals surface area contributed by atoms with Gasteiger partial charge in [0.25, 0.3) is 0 Å². The van der Waals surface area contributed by atoms with Crippen molar-refractivity contribution in [3.8, 4) is 0 Å². The number of thiocarbonyl (C=S) groups is 1. The highest BCUT2D eigenvalue weighted by molar-refractivity contribution is 7.80. The molecule has 0 spiro atoms. The molecule has 7 heteroatoms. The maximum Gasteiger partial charge on any atom is 0.174 e. The monoisotopic (exact) mass is 493 g/mol. The van der Waals surface area contributed by atoms with Crippen LogP contribution in [0.4, 0.5) is 11.4 Å². The molecule has 1 N–H and O–H groups in total. The van der Waals surface area contributed by atoms with Gasteiger partial charge in [-0.3, -0.25) is 4.98 Å². The van der Waals surface area contributed by atoms with Gasteiger partial charge in [-0.15, -0.1) is 0 Å². The van der Waals surface area contributed by atoms with E-state index in [0.717, 1.165) is 41.1 Å². The van der Waals surface area contributed by atoms with E-state index in [9.17, 15) is 0 Å². The first-order valence-electron chi connectivity index (χ1n) is 12.1. The zero-order valence-electron chi connectivity index (χ0n) is 20.0. The minimum atomic E-state index is -0.0567. The Morgan fingerprint density at radius 2 is 1.91 bits per heavy atom. The summed E-state index contributed by atoms with van der Waals surface area (Å²) in [6.45, 7) is 8.81. The quantitative estimate of drug-likeness (QED) is 0.409. The van der Waals surface area contributed by atoms with E-state index in [1.54, 1.807) is 0 Å². The van der Waals surface area contributed by atoms with Crippen molar-refractivity contribution in [3.05, 3.63) is 77.3 Å². The maximum atomic E-state index is 6.87. The number of pyridine rings is 1. The van der Waals surface area contributed by atoms with Crippen molar-refractivity contribution in [2.75, 3.05) is 22.9 Å². The number of hydrogen-bond donors (Lipinski definition) is 1. The van der Waals surface area contributed by atoms with Crippen LogP contribution in [-0.2, 0) is 0 Å². The fourth-order valence-electron chi connectivity index (χ4n) is 5.05. The molecule has 2 aliphatic rings. The van der Waals surface area contributed by atoms with Gasteiger partial charge in [-0.2, -0.15) is 0 Å². The summed E-state index contributed by atoms with van der Waals surface area (Å²) in [5.41, 5.74) is 4.28. The molecule has 3 aromatic rings. The molecular weight excluding hydrogens is 462 g/mol. The fraction of sp³-hybridized carbons (Fsp3) is 0.407. The van der Waals surface area contributed by atoms with Crippen LogP contribution >= 0.6 is 23.8 Å². The van der Waals surface area contributed by atoms with Crippen LogP contribution in [0.5, 0.6) is 0 Å². The van der Waals surface area contributed by atoms with Crippen LogP contribution < -0.4 is 15.1 Å². The lowest BCUT2D eigenvalue weighted by atomic mass is 9.98. The molecule has 4 heterocycles. The molecule has 5 rings (SSSR count). The summed E-state index contributed by atoms with van der Waals surface area (Å²) in [6, 6.07) is 14.9. The topological polar surface area (TPSA) is 36.3 Å². The summed E-state index contributed by atoms with van der Waals surface area (Å²) in [4.78, 5) is 9.25. The van der Waals surface area contributed by atoms with Crippen molar-refractivity contribution in [3.63, 3.8) is 0 Å². The van der Waals surface area contributed by atoms with E-state index < -0.39 is 0 Å². The molecule has 5 nitrogen and oxygen atoms in total. The minimum absolute atomic E-state index is 0.0276. The van der Waals surface area contributed by atoms with E-state index in [1.807, 2.05) is 18.3 Å². The van der Waals surface area contributed by atoms with Gasteiger partial charge in [0.1, 0.15) is 0 Å². The van der Waals surface area contributed by atoms with Gasteiger partial charge in [0.15, 0.2) is 5.11 Å². The lowest BCUT2D eigenvalue weighted by Gasteiger charge is -2.33. The third-order valence-corrected chi connectivity index (χ3v) is 7.72. The second-order valence-electron chi connectivity index (χ2n) is 9.79. The van der Waals surface area contributed by atoms with E-state index in [1.165, 1.54) is 18.4 Å². The molecule has 0 saturated carbocycles. The summed E-state index contributed by atoms with van der Waals surface area (Å²) in [5.74, 6) is 0.782. The van der Waals surface area contributed by atoms with Crippen molar-refractivity contribution < 1.29 is 0 Å². The standard InChI is InChI=1S/C27H32ClN5S/c1-18(2)32-15-11-20(17-32)26-25(23-6-4-5-12-29-23)30-27(34)33(26)21-7-8-24(22(28)16-21)31-13-9-19(3)10-14-31/h4-8,11-12,15-19,25-26H,9-10,13-14H2,1-3H3,(H,30,34)/t25-,26-/m1/s1. The van der Waals surface area contributed by atoms with Crippen LogP contribution in [0, 0.1) is 5.92 Å². The summed E-state index contributed by atoms with van der Waals surface area (Å²) < 4.78 is 2.23. The van der Waals surface area contributed by atoms with Gasteiger partial charge in [0.2, 0.25) is 0 Å². The summed E-state index contributed by atoms with van der Waals surface area (Å²) >= 11 is 12.7. The average Bonchev–Trinajstić information content (AvgIpc) is 3.45. The highest BCUT2D eigenvalue weighted by Crippen LogP contribution is 2.43. The molecule has 2 aromatic heterocycles. The SMILES string of the molecule is CC1CCN(c2ccc(N3C(=S)N[C@H](c4ccccn4)[C@H]3c3ccn(C(C)C)c3)cc2Cl)CC1. The molecule has 178 valence electrons. The van der Waals surface area contributed by atoms with Crippen LogP contribution in [0.3, 0.4) is 0 Å². The maximum absolute atomic E-state index is 6.87. The Kier molecular flexibility index (Phi) is 6.54. The number of anilines is 2. The summed E-state index contributed by atoms with van der Waals surface area (Å²) in [7, 11) is 0. The first kappa shape index (κ1) is 23.2. The Labute approximate surface area is 212 Å². The molecular formula is C27H32ClN5S. The second kappa shape index (κ2) is 9.59. The number of aromatic nitrogens is 2. The van der Waals surface area contributed by atoms with Crippen LogP contribution in [-0.4, -0.2) is 27.8 Å². The van der Waals surface area contributed by atoms with Crippen LogP contribution in [0.25, 0.3) is 0 Å². The highest BCUT2D eigenvalue weighted by Gasteiger charge is 2.41. The van der Waals surface area contributed by atoms with Gasteiger partial charge in [-0.05, 0) is 86.8 Å². The smallest absolute Gasteiger partial charge is 0.174 e. The number of hydrogen-bond acceptors (Lipinski definition) is 3. The number of nitrogens with zero attached hydrogens (tertiary/aromatic N) is 4. The predicted octanol–water partition coefficient (Wildman–Crippen LogP) is 6.53. The van der Waals surface area contributed by atoms with Crippen molar-refractivity contribution in [1.29, 1.82) is 0 Å². The zero-order valence-corrected chi connectivity index (χ0v) is 21.6. The number of halogens is 1. The first-order chi connectivity index (χ1) is 16.4. The molecule has 1 aromatic carbocycles. The Morgan fingerprint density at radius 1 is 1.12 bits per heavy atom. The third kappa shape index (κ3) is 4.41. The van der Waals surface area contributed by atoms with Gasteiger partial charge < -0.3 is 19.7 Å². The summed E-state index contributed by atoms with van der Waals surface area (Å²) in [6.07, 6.45) is 8.61. The molecule has 34 heavy (non-hydrogen) atoms. The van der Waals surface area contributed by atoms with E-state index in [2.05, 4.69) is 88.2 Å². The van der Waals surface area contributed by atoms with E-state index in [0.29, 0.717) is 11.2 Å².